The number of aromatic nitrogens is 2. The second kappa shape index (κ2) is 7.53. The van der Waals surface area contributed by atoms with Crippen LogP contribution >= 0.6 is 11.3 Å². The van der Waals surface area contributed by atoms with Gasteiger partial charge in [-0.15, -0.1) is 11.3 Å². The van der Waals surface area contributed by atoms with E-state index in [9.17, 15) is 8.42 Å². The number of nitrogens with zero attached hydrogens (tertiary/aromatic N) is 2. The summed E-state index contributed by atoms with van der Waals surface area (Å²) in [5.74, 6) is 0.728. The summed E-state index contributed by atoms with van der Waals surface area (Å²) in [4.78, 5) is 9.59. The van der Waals surface area contributed by atoms with E-state index in [0.717, 1.165) is 21.8 Å². The lowest BCUT2D eigenvalue weighted by Gasteiger charge is -2.08. The highest BCUT2D eigenvalue weighted by Gasteiger charge is 2.21. The summed E-state index contributed by atoms with van der Waals surface area (Å²) in [6.07, 6.45) is 3.19. The van der Waals surface area contributed by atoms with Crippen molar-refractivity contribution in [2.45, 2.75) is 9.10 Å². The van der Waals surface area contributed by atoms with Crippen LogP contribution in [0.3, 0.4) is 0 Å². The van der Waals surface area contributed by atoms with Gasteiger partial charge in [0.25, 0.3) is 0 Å². The van der Waals surface area contributed by atoms with Crippen LogP contribution in [-0.2, 0) is 9.84 Å². The van der Waals surface area contributed by atoms with Gasteiger partial charge in [-0.3, -0.25) is 0 Å². The minimum absolute atomic E-state index is 0.277. The third-order valence-corrected chi connectivity index (χ3v) is 7.58. The number of methoxy groups -OCH3 is 1. The summed E-state index contributed by atoms with van der Waals surface area (Å²) < 4.78 is 31.3. The minimum Gasteiger partial charge on any atom is -0.497 e. The molecule has 0 atom stereocenters. The van der Waals surface area contributed by atoms with Gasteiger partial charge in [-0.2, -0.15) is 0 Å². The zero-order chi connectivity index (χ0) is 19.6. The van der Waals surface area contributed by atoms with Crippen LogP contribution in [0.4, 0.5) is 0 Å². The zero-order valence-corrected chi connectivity index (χ0v) is 16.6. The molecule has 0 spiro atoms. The van der Waals surface area contributed by atoms with Crippen LogP contribution in [-0.4, -0.2) is 25.5 Å². The Morgan fingerprint density at radius 3 is 2.57 bits per heavy atom. The van der Waals surface area contributed by atoms with Gasteiger partial charge in [0.2, 0.25) is 9.84 Å². The first-order chi connectivity index (χ1) is 13.6. The molecule has 0 bridgehead atoms. The molecule has 5 nitrogen and oxygen atoms in total. The van der Waals surface area contributed by atoms with E-state index in [1.165, 1.54) is 17.7 Å². The van der Waals surface area contributed by atoms with Crippen LogP contribution in [0.25, 0.3) is 21.7 Å². The molecule has 2 heterocycles. The van der Waals surface area contributed by atoms with Gasteiger partial charge in [-0.05, 0) is 42.0 Å². The van der Waals surface area contributed by atoms with E-state index in [2.05, 4.69) is 9.97 Å². The van der Waals surface area contributed by atoms with Gasteiger partial charge in [0.1, 0.15) is 16.3 Å². The zero-order valence-electron chi connectivity index (χ0n) is 14.9. The van der Waals surface area contributed by atoms with Gasteiger partial charge >= 0.3 is 0 Å². The van der Waals surface area contributed by atoms with Crippen molar-refractivity contribution in [2.75, 3.05) is 7.11 Å². The van der Waals surface area contributed by atoms with Crippen LogP contribution in [0.5, 0.6) is 5.75 Å². The average molecular weight is 409 g/mol. The van der Waals surface area contributed by atoms with Crippen molar-refractivity contribution in [1.82, 2.24) is 9.97 Å². The number of ether oxygens (including phenoxy) is 1. The van der Waals surface area contributed by atoms with E-state index in [0.29, 0.717) is 5.69 Å². The first kappa shape index (κ1) is 18.3. The Bertz CT molecular complexity index is 1220. The molecule has 2 aromatic carbocycles. The van der Waals surface area contributed by atoms with Crippen LogP contribution in [0.15, 0.2) is 88.4 Å². The molecule has 0 saturated heterocycles. The number of rotatable bonds is 5. The van der Waals surface area contributed by atoms with E-state index in [1.807, 2.05) is 24.3 Å². The topological polar surface area (TPSA) is 69.2 Å². The lowest BCUT2D eigenvalue weighted by Crippen LogP contribution is -1.98. The third kappa shape index (κ3) is 3.42. The number of hydrogen-bond donors (Lipinski definition) is 0. The fraction of sp³-hybridized carbons (Fsp3) is 0.0476. The Morgan fingerprint density at radius 2 is 1.79 bits per heavy atom. The molecule has 0 aliphatic heterocycles. The Morgan fingerprint density at radius 1 is 0.964 bits per heavy atom. The van der Waals surface area contributed by atoms with Crippen LogP contribution < -0.4 is 4.74 Å². The smallest absolute Gasteiger partial charge is 0.215 e. The van der Waals surface area contributed by atoms with Crippen molar-refractivity contribution in [1.29, 1.82) is 0 Å². The summed E-state index contributed by atoms with van der Waals surface area (Å²) in [7, 11) is -1.95. The van der Waals surface area contributed by atoms with Gasteiger partial charge in [0, 0.05) is 11.8 Å². The van der Waals surface area contributed by atoms with Crippen molar-refractivity contribution >= 4 is 21.2 Å². The summed E-state index contributed by atoms with van der Waals surface area (Å²) in [6.45, 7) is 0. The van der Waals surface area contributed by atoms with E-state index < -0.39 is 9.84 Å². The maximum atomic E-state index is 12.9. The molecular weight excluding hydrogens is 392 g/mol. The highest BCUT2D eigenvalue weighted by Crippen LogP contribution is 2.37. The molecule has 0 aliphatic rings. The third-order valence-electron chi connectivity index (χ3n) is 4.23. The van der Waals surface area contributed by atoms with Gasteiger partial charge in [-0.25, -0.2) is 18.4 Å². The maximum Gasteiger partial charge on any atom is 0.215 e. The Balaban J connectivity index is 1.78. The predicted molar refractivity (Wildman–Crippen MR) is 109 cm³/mol. The maximum absolute atomic E-state index is 12.9. The van der Waals surface area contributed by atoms with Crippen molar-refractivity contribution < 1.29 is 13.2 Å². The van der Waals surface area contributed by atoms with E-state index in [-0.39, 0.29) is 9.10 Å². The quantitative estimate of drug-likeness (QED) is 0.478. The first-order valence-corrected chi connectivity index (χ1v) is 10.7. The van der Waals surface area contributed by atoms with E-state index in [4.69, 9.17) is 4.74 Å². The van der Waals surface area contributed by atoms with Gasteiger partial charge in [-0.1, -0.05) is 30.3 Å². The normalized spacial score (nSPS) is 11.3. The molecule has 4 aromatic rings. The molecule has 2 aromatic heterocycles. The molecule has 0 unspecified atom stereocenters. The van der Waals surface area contributed by atoms with E-state index >= 15 is 0 Å². The SMILES string of the molecule is COc1cccc(-c2cncnc2-c2ccc(S(=O)(=O)c3ccccc3)s2)c1. The van der Waals surface area contributed by atoms with Crippen LogP contribution in [0.2, 0.25) is 0 Å². The fourth-order valence-electron chi connectivity index (χ4n) is 2.84. The first-order valence-electron chi connectivity index (χ1n) is 8.44. The monoisotopic (exact) mass is 408 g/mol. The minimum atomic E-state index is -3.56. The standard InChI is InChI=1S/C21H16N2O3S2/c1-26-16-7-5-6-15(12-16)18-13-22-14-23-21(18)19-10-11-20(27-19)28(24,25)17-8-3-2-4-9-17/h2-14H,1H3. The molecule has 0 aliphatic carbocycles. The summed E-state index contributed by atoms with van der Waals surface area (Å²) >= 11 is 1.20. The molecule has 0 saturated carbocycles. The lowest BCUT2D eigenvalue weighted by molar-refractivity contribution is 0.415. The van der Waals surface area contributed by atoms with Crippen LogP contribution in [0, 0.1) is 0 Å². The second-order valence-corrected chi connectivity index (χ2v) is 9.21. The number of thiophene rings is 1. The Labute approximate surface area is 167 Å². The Kier molecular flexibility index (Phi) is 4.93. The molecule has 0 fully saturated rings. The average Bonchev–Trinajstić information content (AvgIpc) is 3.25. The predicted octanol–water partition coefficient (Wildman–Crippen LogP) is 4.71. The summed E-state index contributed by atoms with van der Waals surface area (Å²) in [5, 5.41) is 0. The second-order valence-electron chi connectivity index (χ2n) is 5.95. The molecule has 28 heavy (non-hydrogen) atoms. The number of benzene rings is 2. The van der Waals surface area contributed by atoms with Crippen LogP contribution in [0.1, 0.15) is 0 Å². The molecule has 7 heteroatoms. The number of sulfone groups is 1. The highest BCUT2D eigenvalue weighted by molar-refractivity contribution is 7.93. The van der Waals surface area contributed by atoms with Crippen molar-refractivity contribution in [2.24, 2.45) is 0 Å². The summed E-state index contributed by atoms with van der Waals surface area (Å²) in [6, 6.07) is 19.4. The van der Waals surface area contributed by atoms with Gasteiger partial charge in [0.15, 0.2) is 0 Å². The van der Waals surface area contributed by atoms with Crippen molar-refractivity contribution in [3.63, 3.8) is 0 Å². The molecule has 0 radical (unpaired) electrons. The largest absolute Gasteiger partial charge is 0.497 e. The van der Waals surface area contributed by atoms with Gasteiger partial charge < -0.3 is 4.74 Å². The highest BCUT2D eigenvalue weighted by atomic mass is 32.2. The van der Waals surface area contributed by atoms with Gasteiger partial charge in [0.05, 0.1) is 22.6 Å². The molecular formula is C21H16N2O3S2. The van der Waals surface area contributed by atoms with Crippen molar-refractivity contribution in [3.8, 4) is 27.4 Å². The number of hydrogen-bond acceptors (Lipinski definition) is 6. The lowest BCUT2D eigenvalue weighted by atomic mass is 10.0. The molecule has 4 rings (SSSR count). The van der Waals surface area contributed by atoms with Crippen molar-refractivity contribution in [3.05, 3.63) is 79.3 Å². The summed E-state index contributed by atoms with van der Waals surface area (Å²) in [5.41, 5.74) is 2.39. The molecule has 140 valence electrons. The van der Waals surface area contributed by atoms with E-state index in [1.54, 1.807) is 55.8 Å². The fourth-order valence-corrected chi connectivity index (χ4v) is 5.58. The molecule has 0 amide bonds. The molecule has 0 N–H and O–H groups in total. The Hall–Kier alpha value is -3.03.